The lowest BCUT2D eigenvalue weighted by Crippen LogP contribution is -2.37. The monoisotopic (exact) mass is 344 g/mol. The van der Waals surface area contributed by atoms with Crippen molar-refractivity contribution >= 4 is 25.8 Å². The van der Waals surface area contributed by atoms with Crippen LogP contribution in [0, 0.1) is 5.41 Å². The van der Waals surface area contributed by atoms with E-state index in [4.69, 9.17) is 4.74 Å². The average Bonchev–Trinajstić information content (AvgIpc) is 2.73. The van der Waals surface area contributed by atoms with Gasteiger partial charge < -0.3 is 4.74 Å². The van der Waals surface area contributed by atoms with E-state index in [0.29, 0.717) is 4.90 Å². The van der Waals surface area contributed by atoms with Gasteiger partial charge in [0.05, 0.1) is 10.6 Å². The predicted octanol–water partition coefficient (Wildman–Crippen LogP) is 2.75. The molecule has 0 aromatic heterocycles. The first-order valence-electron chi connectivity index (χ1n) is 6.54. The minimum absolute atomic E-state index is 0.0118. The van der Waals surface area contributed by atoms with Crippen LogP contribution in [0.4, 0.5) is 0 Å². The molecule has 2 aliphatic heterocycles. The number of rotatable bonds is 2. The van der Waals surface area contributed by atoms with Crippen molar-refractivity contribution in [1.29, 1.82) is 0 Å². The number of sulfone groups is 1. The van der Waals surface area contributed by atoms with Gasteiger partial charge in [-0.1, -0.05) is 34.1 Å². The smallest absolute Gasteiger partial charge is 0.179 e. The lowest BCUT2D eigenvalue weighted by atomic mass is 9.69. The summed E-state index contributed by atoms with van der Waals surface area (Å²) >= 11 is 3.62. The number of hydrogen-bond acceptors (Lipinski definition) is 3. The third kappa shape index (κ3) is 2.16. The van der Waals surface area contributed by atoms with Crippen molar-refractivity contribution in [1.82, 2.24) is 0 Å². The fourth-order valence-electron chi connectivity index (χ4n) is 3.31. The largest absolute Gasteiger partial charge is 0.381 e. The third-order valence-electron chi connectivity index (χ3n) is 4.51. The highest BCUT2D eigenvalue weighted by Gasteiger charge is 2.47. The Morgan fingerprint density at radius 1 is 1.26 bits per heavy atom. The lowest BCUT2D eigenvalue weighted by Gasteiger charge is -2.40. The summed E-state index contributed by atoms with van der Waals surface area (Å²) in [6.07, 6.45) is 1.85. The normalized spacial score (nSPS) is 27.9. The van der Waals surface area contributed by atoms with Crippen molar-refractivity contribution in [2.45, 2.75) is 23.7 Å². The van der Waals surface area contributed by atoms with Gasteiger partial charge in [0.2, 0.25) is 0 Å². The number of hydrogen-bond donors (Lipinski definition) is 0. The van der Waals surface area contributed by atoms with Crippen molar-refractivity contribution in [2.24, 2.45) is 5.41 Å². The molecule has 1 unspecified atom stereocenters. The lowest BCUT2D eigenvalue weighted by molar-refractivity contribution is 0.0165. The first kappa shape index (κ1) is 13.6. The molecular formula is C14H17BrO3S. The van der Waals surface area contributed by atoms with Gasteiger partial charge in [-0.05, 0) is 29.9 Å². The van der Waals surface area contributed by atoms with Gasteiger partial charge in [-0.3, -0.25) is 0 Å². The van der Waals surface area contributed by atoms with E-state index in [9.17, 15) is 8.42 Å². The van der Waals surface area contributed by atoms with Crippen LogP contribution in [-0.2, 0) is 14.6 Å². The molecule has 0 saturated carbocycles. The van der Waals surface area contributed by atoms with Gasteiger partial charge in [-0.25, -0.2) is 8.42 Å². The topological polar surface area (TPSA) is 43.4 Å². The molecule has 104 valence electrons. The summed E-state index contributed by atoms with van der Waals surface area (Å²) in [5.41, 5.74) is 1.02. The first-order valence-corrected chi connectivity index (χ1v) is 9.32. The number of ether oxygens (including phenoxy) is 1. The molecule has 0 amide bonds. The first-order chi connectivity index (χ1) is 9.09. The molecule has 0 N–H and O–H groups in total. The molecule has 5 heteroatoms. The number of benzene rings is 1. The summed E-state index contributed by atoms with van der Waals surface area (Å²) in [4.78, 5) is 0.534. The highest BCUT2D eigenvalue weighted by atomic mass is 79.9. The van der Waals surface area contributed by atoms with Gasteiger partial charge in [0.15, 0.2) is 9.84 Å². The number of halogens is 1. The van der Waals surface area contributed by atoms with Crippen LogP contribution in [0.15, 0.2) is 29.2 Å². The zero-order valence-electron chi connectivity index (χ0n) is 10.6. The van der Waals surface area contributed by atoms with Crippen LogP contribution < -0.4 is 0 Å². The average molecular weight is 345 g/mol. The van der Waals surface area contributed by atoms with Crippen LogP contribution in [0.2, 0.25) is 0 Å². The summed E-state index contributed by atoms with van der Waals surface area (Å²) in [6.45, 7) is 1.45. The molecule has 19 heavy (non-hydrogen) atoms. The van der Waals surface area contributed by atoms with Gasteiger partial charge in [-0.2, -0.15) is 0 Å². The van der Waals surface area contributed by atoms with Crippen molar-refractivity contribution in [3.8, 4) is 0 Å². The van der Waals surface area contributed by atoms with Crippen LogP contribution in [-0.4, -0.2) is 32.7 Å². The van der Waals surface area contributed by atoms with E-state index in [1.807, 2.05) is 18.2 Å². The SMILES string of the molecule is O=S1(=O)CC(C2(CBr)CCOCC2)c2ccccc21. The van der Waals surface area contributed by atoms with Crippen LogP contribution in [0.25, 0.3) is 0 Å². The van der Waals surface area contributed by atoms with Gasteiger partial charge in [0.25, 0.3) is 0 Å². The van der Waals surface area contributed by atoms with Crippen LogP contribution in [0.1, 0.15) is 24.3 Å². The van der Waals surface area contributed by atoms with Gasteiger partial charge in [-0.15, -0.1) is 0 Å². The second-order valence-electron chi connectivity index (χ2n) is 5.48. The molecule has 2 aliphatic rings. The summed E-state index contributed by atoms with van der Waals surface area (Å²) in [5.74, 6) is 0.342. The quantitative estimate of drug-likeness (QED) is 0.774. The van der Waals surface area contributed by atoms with Gasteiger partial charge in [0.1, 0.15) is 0 Å². The molecule has 1 aromatic rings. The molecule has 1 aromatic carbocycles. The fourth-order valence-corrected chi connectivity index (χ4v) is 6.27. The zero-order chi connectivity index (χ0) is 13.5. The van der Waals surface area contributed by atoms with Crippen molar-refractivity contribution in [3.05, 3.63) is 29.8 Å². The highest BCUT2D eigenvalue weighted by Crippen LogP contribution is 2.51. The standard InChI is InChI=1S/C14H17BrO3S/c15-10-14(5-7-18-8-6-14)12-9-19(16,17)13-4-2-1-3-11(12)13/h1-4,12H,5-10H2. The second kappa shape index (κ2) is 4.86. The van der Waals surface area contributed by atoms with Crippen LogP contribution in [0.3, 0.4) is 0 Å². The van der Waals surface area contributed by atoms with E-state index < -0.39 is 9.84 Å². The maximum absolute atomic E-state index is 12.3. The second-order valence-corrected chi connectivity index (χ2v) is 8.04. The molecule has 0 bridgehead atoms. The van der Waals surface area contributed by atoms with E-state index in [0.717, 1.165) is 36.9 Å². The summed E-state index contributed by atoms with van der Waals surface area (Å²) in [6, 6.07) is 7.47. The van der Waals surface area contributed by atoms with Crippen LogP contribution >= 0.6 is 15.9 Å². The summed E-state index contributed by atoms with van der Waals surface area (Å²) < 4.78 is 30.1. The Morgan fingerprint density at radius 2 is 1.95 bits per heavy atom. The Morgan fingerprint density at radius 3 is 2.63 bits per heavy atom. The zero-order valence-corrected chi connectivity index (χ0v) is 13.0. The number of alkyl halides is 1. The Labute approximate surface area is 122 Å². The van der Waals surface area contributed by atoms with E-state index in [1.54, 1.807) is 6.07 Å². The molecule has 0 spiro atoms. The summed E-state index contributed by atoms with van der Waals surface area (Å²) in [5, 5.41) is 0.831. The summed E-state index contributed by atoms with van der Waals surface area (Å²) in [7, 11) is -3.11. The van der Waals surface area contributed by atoms with Crippen LogP contribution in [0.5, 0.6) is 0 Å². The van der Waals surface area contributed by atoms with Crippen molar-refractivity contribution < 1.29 is 13.2 Å². The van der Waals surface area contributed by atoms with E-state index in [2.05, 4.69) is 15.9 Å². The fraction of sp³-hybridized carbons (Fsp3) is 0.571. The highest BCUT2D eigenvalue weighted by molar-refractivity contribution is 9.09. The Balaban J connectivity index is 2.07. The van der Waals surface area contributed by atoms with E-state index in [-0.39, 0.29) is 17.1 Å². The predicted molar refractivity (Wildman–Crippen MR) is 77.5 cm³/mol. The van der Waals surface area contributed by atoms with E-state index >= 15 is 0 Å². The third-order valence-corrected chi connectivity index (χ3v) is 7.44. The van der Waals surface area contributed by atoms with Crippen molar-refractivity contribution in [2.75, 3.05) is 24.3 Å². The molecule has 3 nitrogen and oxygen atoms in total. The molecule has 3 rings (SSSR count). The molecule has 0 aliphatic carbocycles. The van der Waals surface area contributed by atoms with Crippen molar-refractivity contribution in [3.63, 3.8) is 0 Å². The minimum Gasteiger partial charge on any atom is -0.381 e. The molecule has 2 heterocycles. The van der Waals surface area contributed by atoms with Gasteiger partial charge in [0, 0.05) is 24.5 Å². The Bertz CT molecular complexity index is 576. The molecular weight excluding hydrogens is 328 g/mol. The maximum Gasteiger partial charge on any atom is 0.179 e. The Hall–Kier alpha value is -0.390. The maximum atomic E-state index is 12.3. The number of fused-ring (bicyclic) bond motifs is 1. The molecule has 1 saturated heterocycles. The van der Waals surface area contributed by atoms with Gasteiger partial charge >= 0.3 is 0 Å². The minimum atomic E-state index is -3.11. The molecule has 1 fully saturated rings. The molecule has 1 atom stereocenters. The Kier molecular flexibility index (Phi) is 3.48. The van der Waals surface area contributed by atoms with E-state index in [1.165, 1.54) is 0 Å². The molecule has 0 radical (unpaired) electrons.